The predicted molar refractivity (Wildman–Crippen MR) is 73.7 cm³/mol. The molecule has 23 heavy (non-hydrogen) atoms. The molecule has 1 N–H and O–H groups in total. The van der Waals surface area contributed by atoms with Crippen LogP contribution in [-0.4, -0.2) is 29.3 Å². The summed E-state index contributed by atoms with van der Waals surface area (Å²) in [6.45, 7) is -2.56. The molecule has 0 saturated heterocycles. The van der Waals surface area contributed by atoms with Crippen molar-refractivity contribution in [2.24, 2.45) is 5.92 Å². The van der Waals surface area contributed by atoms with Gasteiger partial charge in [-0.3, -0.25) is 0 Å². The van der Waals surface area contributed by atoms with Gasteiger partial charge in [0.25, 0.3) is 0 Å². The van der Waals surface area contributed by atoms with Crippen molar-refractivity contribution in [2.75, 3.05) is 6.61 Å². The van der Waals surface area contributed by atoms with Crippen LogP contribution in [0.2, 0.25) is 0 Å². The molecule has 1 fully saturated rings. The molecule has 1 aliphatic carbocycles. The highest BCUT2D eigenvalue weighted by atomic mass is 19.3. The molecule has 0 spiro atoms. The number of hydrogen-bond donors (Lipinski definition) is 1. The van der Waals surface area contributed by atoms with Gasteiger partial charge in [-0.2, -0.15) is 8.78 Å². The van der Waals surface area contributed by atoms with E-state index in [9.17, 15) is 13.6 Å². The van der Waals surface area contributed by atoms with E-state index in [4.69, 9.17) is 14.3 Å². The van der Waals surface area contributed by atoms with Crippen molar-refractivity contribution >= 4 is 5.97 Å². The highest BCUT2D eigenvalue weighted by Crippen LogP contribution is 2.36. The fourth-order valence-corrected chi connectivity index (χ4v) is 1.94. The highest BCUT2D eigenvalue weighted by Gasteiger charge is 2.23. The van der Waals surface area contributed by atoms with E-state index in [1.165, 1.54) is 18.2 Å². The van der Waals surface area contributed by atoms with E-state index in [2.05, 4.69) is 9.72 Å². The minimum absolute atomic E-state index is 0.0577. The summed E-state index contributed by atoms with van der Waals surface area (Å²) in [6, 6.07) is 4.20. The molecule has 8 heteroatoms. The Balaban J connectivity index is 1.87. The number of benzene rings is 1. The molecule has 6 nitrogen and oxygen atoms in total. The number of hydrogen-bond acceptors (Lipinski definition) is 5. The molecule has 1 saturated carbocycles. The molecule has 1 aromatic carbocycles. The predicted octanol–water partition coefficient (Wildman–Crippen LogP) is 3.43. The van der Waals surface area contributed by atoms with E-state index in [-0.39, 0.29) is 23.1 Å². The Morgan fingerprint density at radius 3 is 2.78 bits per heavy atom. The molecule has 0 atom stereocenters. The van der Waals surface area contributed by atoms with Crippen LogP contribution in [0.4, 0.5) is 8.78 Å². The van der Waals surface area contributed by atoms with Crippen molar-refractivity contribution in [3.8, 4) is 23.0 Å². The van der Waals surface area contributed by atoms with E-state index >= 15 is 0 Å². The first-order valence-electron chi connectivity index (χ1n) is 6.94. The van der Waals surface area contributed by atoms with Crippen molar-refractivity contribution in [3.63, 3.8) is 0 Å². The first-order valence-corrected chi connectivity index (χ1v) is 6.94. The Morgan fingerprint density at radius 1 is 1.39 bits per heavy atom. The summed E-state index contributed by atoms with van der Waals surface area (Å²) in [4.78, 5) is 14.6. The summed E-state index contributed by atoms with van der Waals surface area (Å²) >= 11 is 0. The molecule has 3 rings (SSSR count). The second-order valence-corrected chi connectivity index (χ2v) is 5.14. The second kappa shape index (κ2) is 6.23. The maximum Gasteiger partial charge on any atom is 0.387 e. The van der Waals surface area contributed by atoms with Crippen LogP contribution in [0.25, 0.3) is 11.5 Å². The molecule has 0 aliphatic heterocycles. The smallest absolute Gasteiger partial charge is 0.387 e. The molecule has 122 valence electrons. The lowest BCUT2D eigenvalue weighted by Crippen LogP contribution is -2.06. The van der Waals surface area contributed by atoms with Crippen LogP contribution < -0.4 is 9.47 Å². The lowest BCUT2D eigenvalue weighted by atomic mass is 10.2. The van der Waals surface area contributed by atoms with E-state index < -0.39 is 12.6 Å². The number of ether oxygens (including phenoxy) is 2. The third-order valence-electron chi connectivity index (χ3n) is 3.30. The topological polar surface area (TPSA) is 81.8 Å². The molecule has 1 aliphatic rings. The monoisotopic (exact) mass is 325 g/mol. The van der Waals surface area contributed by atoms with Gasteiger partial charge in [0.15, 0.2) is 17.2 Å². The van der Waals surface area contributed by atoms with Crippen molar-refractivity contribution in [1.82, 2.24) is 4.98 Å². The third kappa shape index (κ3) is 3.77. The number of alkyl halides is 2. The zero-order valence-electron chi connectivity index (χ0n) is 11.9. The number of oxazole rings is 1. The summed E-state index contributed by atoms with van der Waals surface area (Å²) < 4.78 is 40.0. The molecular weight excluding hydrogens is 312 g/mol. The van der Waals surface area contributed by atoms with Gasteiger partial charge in [0.05, 0.1) is 6.61 Å². The Bertz CT molecular complexity index is 712. The molecule has 0 unspecified atom stereocenters. The van der Waals surface area contributed by atoms with Crippen LogP contribution in [0, 0.1) is 5.92 Å². The minimum Gasteiger partial charge on any atom is -0.489 e. The maximum atomic E-state index is 12.5. The molecule has 0 bridgehead atoms. The van der Waals surface area contributed by atoms with E-state index in [1.807, 2.05) is 0 Å². The largest absolute Gasteiger partial charge is 0.489 e. The van der Waals surface area contributed by atoms with Crippen molar-refractivity contribution in [2.45, 2.75) is 19.5 Å². The van der Waals surface area contributed by atoms with Gasteiger partial charge in [-0.15, -0.1) is 0 Å². The number of carbonyl (C=O) groups is 1. The van der Waals surface area contributed by atoms with Crippen LogP contribution in [0.3, 0.4) is 0 Å². The zero-order valence-corrected chi connectivity index (χ0v) is 11.9. The number of nitrogens with zero attached hydrogens (tertiary/aromatic N) is 1. The van der Waals surface area contributed by atoms with Crippen LogP contribution >= 0.6 is 0 Å². The minimum atomic E-state index is -2.97. The lowest BCUT2D eigenvalue weighted by Gasteiger charge is -2.12. The van der Waals surface area contributed by atoms with E-state index in [1.54, 1.807) is 0 Å². The van der Waals surface area contributed by atoms with Crippen LogP contribution in [0.15, 0.2) is 28.9 Å². The standard InChI is InChI=1S/C15H13F2NO5/c16-15(17)23-11-4-3-9(5-12(11)21-6-8-1-2-8)13-18-10(7-22-13)14(19)20/h3-5,7-8,15H,1-2,6H2,(H,19,20). The van der Waals surface area contributed by atoms with Crippen molar-refractivity contribution in [3.05, 3.63) is 30.2 Å². The van der Waals surface area contributed by atoms with Crippen LogP contribution in [0.5, 0.6) is 11.5 Å². The number of aromatic carboxylic acids is 1. The molecule has 2 aromatic rings. The fraction of sp³-hybridized carbons (Fsp3) is 0.333. The van der Waals surface area contributed by atoms with Gasteiger partial charge in [-0.25, -0.2) is 9.78 Å². The highest BCUT2D eigenvalue weighted by molar-refractivity contribution is 5.85. The maximum absolute atomic E-state index is 12.5. The SMILES string of the molecule is O=C(O)c1coc(-c2ccc(OC(F)F)c(OCC3CC3)c2)n1. The first-order chi connectivity index (χ1) is 11.0. The Morgan fingerprint density at radius 2 is 2.17 bits per heavy atom. The van der Waals surface area contributed by atoms with Crippen molar-refractivity contribution in [1.29, 1.82) is 0 Å². The number of carboxylic acid groups (broad SMARTS) is 1. The third-order valence-corrected chi connectivity index (χ3v) is 3.30. The molecular formula is C15H13F2NO5. The summed E-state index contributed by atoms with van der Waals surface area (Å²) in [6.07, 6.45) is 3.10. The lowest BCUT2D eigenvalue weighted by molar-refractivity contribution is -0.0515. The molecule has 1 aromatic heterocycles. The molecule has 1 heterocycles. The number of aromatic nitrogens is 1. The zero-order chi connectivity index (χ0) is 16.4. The summed E-state index contributed by atoms with van der Waals surface area (Å²) in [5.41, 5.74) is 0.165. The van der Waals surface area contributed by atoms with Crippen LogP contribution in [-0.2, 0) is 0 Å². The quantitative estimate of drug-likeness (QED) is 0.840. The van der Waals surface area contributed by atoms with E-state index in [0.717, 1.165) is 19.1 Å². The van der Waals surface area contributed by atoms with Gasteiger partial charge >= 0.3 is 12.6 Å². The van der Waals surface area contributed by atoms with Gasteiger partial charge in [0, 0.05) is 5.56 Å². The number of halogens is 2. The van der Waals surface area contributed by atoms with Gasteiger partial charge in [0.1, 0.15) is 6.26 Å². The van der Waals surface area contributed by atoms with Gasteiger partial charge in [-0.1, -0.05) is 0 Å². The Labute approximate surface area is 129 Å². The average molecular weight is 325 g/mol. The number of rotatable bonds is 7. The summed E-state index contributed by atoms with van der Waals surface area (Å²) in [5, 5.41) is 8.84. The van der Waals surface area contributed by atoms with Gasteiger partial charge in [0.2, 0.25) is 5.89 Å². The van der Waals surface area contributed by atoms with E-state index in [0.29, 0.717) is 18.1 Å². The molecule has 0 amide bonds. The first kappa shape index (κ1) is 15.3. The normalized spacial score (nSPS) is 14.0. The Kier molecular flexibility index (Phi) is 4.14. The average Bonchev–Trinajstić information content (AvgIpc) is 3.19. The summed E-state index contributed by atoms with van der Waals surface area (Å²) in [5.74, 6) is -0.678. The van der Waals surface area contributed by atoms with Crippen molar-refractivity contribution < 1.29 is 32.6 Å². The van der Waals surface area contributed by atoms with Crippen LogP contribution in [0.1, 0.15) is 23.3 Å². The second-order valence-electron chi connectivity index (χ2n) is 5.14. The molecule has 0 radical (unpaired) electrons. The fourth-order valence-electron chi connectivity index (χ4n) is 1.94. The number of carboxylic acids is 1. The van der Waals surface area contributed by atoms with Gasteiger partial charge < -0.3 is 19.0 Å². The van der Waals surface area contributed by atoms with Gasteiger partial charge in [-0.05, 0) is 37.0 Å². The summed E-state index contributed by atoms with van der Waals surface area (Å²) in [7, 11) is 0. The Hall–Kier alpha value is -2.64.